The van der Waals surface area contributed by atoms with E-state index in [1.165, 1.54) is 18.2 Å². The second-order valence-electron chi connectivity index (χ2n) is 6.57. The fourth-order valence-electron chi connectivity index (χ4n) is 2.92. The molecule has 7 heteroatoms. The fraction of sp³-hybridized carbons (Fsp3) is 0.350. The maximum Gasteiger partial charge on any atom is 0.419 e. The number of para-hydroxylation sites is 1. The maximum absolute atomic E-state index is 13.2. The third kappa shape index (κ3) is 4.60. The first kappa shape index (κ1) is 19.2. The summed E-state index contributed by atoms with van der Waals surface area (Å²) in [5, 5.41) is 8.14. The molecule has 0 fully saturated rings. The summed E-state index contributed by atoms with van der Waals surface area (Å²) in [4.78, 5) is 2.18. The van der Waals surface area contributed by atoms with E-state index < -0.39 is 11.7 Å². The largest absolute Gasteiger partial charge is 0.457 e. The topological polar surface area (TPSA) is 41.2 Å². The molecule has 3 aromatic rings. The molecule has 0 radical (unpaired) electrons. The Hall–Kier alpha value is -2.54. The zero-order valence-electron chi connectivity index (χ0n) is 15.3. The van der Waals surface area contributed by atoms with E-state index in [1.807, 2.05) is 7.05 Å². The highest BCUT2D eigenvalue weighted by atomic mass is 19.4. The highest BCUT2D eigenvalue weighted by molar-refractivity contribution is 5.82. The van der Waals surface area contributed by atoms with Crippen LogP contribution in [0.3, 0.4) is 0 Å². The Kier molecular flexibility index (Phi) is 5.70. The summed E-state index contributed by atoms with van der Waals surface area (Å²) in [5.41, 5.74) is 0.875. The number of halogens is 3. The van der Waals surface area contributed by atoms with Gasteiger partial charge in [-0.15, -0.1) is 0 Å². The molecule has 3 rings (SSSR count). The van der Waals surface area contributed by atoms with Crippen molar-refractivity contribution in [2.75, 3.05) is 13.6 Å². The van der Waals surface area contributed by atoms with Gasteiger partial charge in [-0.3, -0.25) is 5.10 Å². The lowest BCUT2D eigenvalue weighted by Crippen LogP contribution is -2.19. The zero-order chi connectivity index (χ0) is 19.4. The number of H-pyrrole nitrogens is 1. The van der Waals surface area contributed by atoms with Gasteiger partial charge in [-0.25, -0.2) is 0 Å². The van der Waals surface area contributed by atoms with E-state index >= 15 is 0 Å². The van der Waals surface area contributed by atoms with E-state index in [-0.39, 0.29) is 5.75 Å². The van der Waals surface area contributed by atoms with Gasteiger partial charge in [0.25, 0.3) is 0 Å². The smallest absolute Gasteiger partial charge is 0.419 e. The average molecular weight is 377 g/mol. The SMILES string of the molecule is CCCCN(C)Cc1[nH]nc2ccc(Oc3ccccc3C(F)(F)F)cc12. The molecule has 0 unspecified atom stereocenters. The molecule has 144 valence electrons. The van der Waals surface area contributed by atoms with Crippen molar-refractivity contribution in [3.63, 3.8) is 0 Å². The molecule has 1 heterocycles. The van der Waals surface area contributed by atoms with Gasteiger partial charge in [0.15, 0.2) is 0 Å². The van der Waals surface area contributed by atoms with Crippen molar-refractivity contribution in [2.45, 2.75) is 32.5 Å². The van der Waals surface area contributed by atoms with E-state index in [9.17, 15) is 13.2 Å². The molecule has 4 nitrogen and oxygen atoms in total. The van der Waals surface area contributed by atoms with Gasteiger partial charge >= 0.3 is 6.18 Å². The lowest BCUT2D eigenvalue weighted by atomic mass is 10.1. The summed E-state index contributed by atoms with van der Waals surface area (Å²) >= 11 is 0. The number of aromatic amines is 1. The van der Waals surface area contributed by atoms with Gasteiger partial charge in [-0.05, 0) is 50.3 Å². The predicted octanol–water partition coefficient (Wildman–Crippen LogP) is 5.61. The number of unbranched alkanes of at least 4 members (excludes halogenated alkanes) is 1. The third-order valence-corrected chi connectivity index (χ3v) is 4.35. The van der Waals surface area contributed by atoms with Crippen molar-refractivity contribution in [1.29, 1.82) is 0 Å². The summed E-state index contributed by atoms with van der Waals surface area (Å²) in [6.07, 6.45) is -2.25. The molecule has 0 aliphatic rings. The molecule has 0 atom stereocenters. The van der Waals surface area contributed by atoms with E-state index in [0.29, 0.717) is 12.3 Å². The molecule has 27 heavy (non-hydrogen) atoms. The molecule has 0 bridgehead atoms. The Balaban J connectivity index is 1.86. The van der Waals surface area contributed by atoms with Crippen molar-refractivity contribution >= 4 is 10.9 Å². The molecule has 1 aromatic heterocycles. The number of benzene rings is 2. The first-order valence-electron chi connectivity index (χ1n) is 8.88. The van der Waals surface area contributed by atoms with Crippen molar-refractivity contribution in [3.05, 3.63) is 53.7 Å². The third-order valence-electron chi connectivity index (χ3n) is 4.35. The summed E-state index contributed by atoms with van der Waals surface area (Å²) in [6.45, 7) is 3.78. The van der Waals surface area contributed by atoms with Gasteiger partial charge in [-0.2, -0.15) is 18.3 Å². The second kappa shape index (κ2) is 8.00. The minimum Gasteiger partial charge on any atom is -0.457 e. The number of fused-ring (bicyclic) bond motifs is 1. The molecule has 2 aromatic carbocycles. The average Bonchev–Trinajstić information content (AvgIpc) is 3.02. The van der Waals surface area contributed by atoms with E-state index in [4.69, 9.17) is 4.74 Å². The Morgan fingerprint density at radius 2 is 1.93 bits per heavy atom. The Morgan fingerprint density at radius 1 is 1.15 bits per heavy atom. The van der Waals surface area contributed by atoms with Crippen molar-refractivity contribution in [2.24, 2.45) is 0 Å². The van der Waals surface area contributed by atoms with Gasteiger partial charge in [0.1, 0.15) is 11.5 Å². The molecule has 1 N–H and O–H groups in total. The van der Waals surface area contributed by atoms with Crippen LogP contribution >= 0.6 is 0 Å². The van der Waals surface area contributed by atoms with Crippen LogP contribution in [0.25, 0.3) is 10.9 Å². The van der Waals surface area contributed by atoms with Crippen LogP contribution < -0.4 is 4.74 Å². The minimum atomic E-state index is -4.47. The summed E-state index contributed by atoms with van der Waals surface area (Å²) in [7, 11) is 2.03. The Bertz CT molecular complexity index is 905. The van der Waals surface area contributed by atoms with Crippen molar-refractivity contribution in [3.8, 4) is 11.5 Å². The number of aromatic nitrogens is 2. The van der Waals surface area contributed by atoms with Crippen LogP contribution in [0.5, 0.6) is 11.5 Å². The number of nitrogens with zero attached hydrogens (tertiary/aromatic N) is 2. The van der Waals surface area contributed by atoms with Crippen LogP contribution in [0, 0.1) is 0 Å². The van der Waals surface area contributed by atoms with Gasteiger partial charge in [0.2, 0.25) is 0 Å². The normalized spacial score (nSPS) is 12.1. The number of rotatable bonds is 7. The fourth-order valence-corrected chi connectivity index (χ4v) is 2.92. The molecule has 0 spiro atoms. The quantitative estimate of drug-likeness (QED) is 0.582. The number of ether oxygens (including phenoxy) is 1. The van der Waals surface area contributed by atoms with Gasteiger partial charge in [-0.1, -0.05) is 25.5 Å². The lowest BCUT2D eigenvalue weighted by molar-refractivity contribution is -0.138. The van der Waals surface area contributed by atoms with E-state index in [1.54, 1.807) is 18.2 Å². The summed E-state index contributed by atoms with van der Waals surface area (Å²) in [6, 6.07) is 10.3. The lowest BCUT2D eigenvalue weighted by Gasteiger charge is -2.15. The molecule has 0 amide bonds. The van der Waals surface area contributed by atoms with E-state index in [0.717, 1.165) is 42.0 Å². The second-order valence-corrected chi connectivity index (χ2v) is 6.57. The molecule has 0 aliphatic carbocycles. The molecule has 0 aliphatic heterocycles. The van der Waals surface area contributed by atoms with Gasteiger partial charge in [0.05, 0.1) is 16.8 Å². The predicted molar refractivity (Wildman–Crippen MR) is 98.9 cm³/mol. The summed E-state index contributed by atoms with van der Waals surface area (Å²) in [5.74, 6) is 0.132. The highest BCUT2D eigenvalue weighted by Crippen LogP contribution is 2.38. The Morgan fingerprint density at radius 3 is 2.67 bits per heavy atom. The number of hydrogen-bond acceptors (Lipinski definition) is 3. The number of alkyl halides is 3. The van der Waals surface area contributed by atoms with Crippen LogP contribution in [0.4, 0.5) is 13.2 Å². The first-order valence-corrected chi connectivity index (χ1v) is 8.88. The van der Waals surface area contributed by atoms with Crippen LogP contribution in [0.2, 0.25) is 0 Å². The van der Waals surface area contributed by atoms with Crippen LogP contribution in [-0.2, 0) is 12.7 Å². The molecule has 0 saturated carbocycles. The minimum absolute atomic E-state index is 0.213. The van der Waals surface area contributed by atoms with Gasteiger partial charge in [0, 0.05) is 11.9 Å². The standard InChI is InChI=1S/C20H22F3N3O/c1-3-4-11-26(2)13-18-15-12-14(9-10-17(15)24-25-18)27-19-8-6-5-7-16(19)20(21,22)23/h5-10,12H,3-4,11,13H2,1-2H3,(H,24,25). The molecule has 0 saturated heterocycles. The molecular weight excluding hydrogens is 355 g/mol. The first-order chi connectivity index (χ1) is 12.9. The molecular formula is C20H22F3N3O. The number of hydrogen-bond donors (Lipinski definition) is 1. The maximum atomic E-state index is 13.2. The highest BCUT2D eigenvalue weighted by Gasteiger charge is 2.34. The number of nitrogens with one attached hydrogen (secondary N) is 1. The zero-order valence-corrected chi connectivity index (χ0v) is 15.3. The van der Waals surface area contributed by atoms with Crippen LogP contribution in [-0.4, -0.2) is 28.7 Å². The van der Waals surface area contributed by atoms with Crippen molar-refractivity contribution < 1.29 is 17.9 Å². The van der Waals surface area contributed by atoms with Gasteiger partial charge < -0.3 is 9.64 Å². The summed E-state index contributed by atoms with van der Waals surface area (Å²) < 4.78 is 45.1. The van der Waals surface area contributed by atoms with Crippen LogP contribution in [0.1, 0.15) is 31.0 Å². The van der Waals surface area contributed by atoms with Crippen LogP contribution in [0.15, 0.2) is 42.5 Å². The Labute approximate surface area is 155 Å². The van der Waals surface area contributed by atoms with E-state index in [2.05, 4.69) is 22.0 Å². The monoisotopic (exact) mass is 377 g/mol. The van der Waals surface area contributed by atoms with Crippen molar-refractivity contribution in [1.82, 2.24) is 15.1 Å².